The van der Waals surface area contributed by atoms with Gasteiger partial charge in [0, 0.05) is 24.7 Å². The Bertz CT molecular complexity index is 820. The van der Waals surface area contributed by atoms with Crippen molar-refractivity contribution in [3.63, 3.8) is 0 Å². The molecule has 0 aromatic heterocycles. The maximum absolute atomic E-state index is 13.7. The number of carbonyl (C=O) groups excluding carboxylic acids is 3. The van der Waals surface area contributed by atoms with Gasteiger partial charge in [0.1, 0.15) is 5.82 Å². The van der Waals surface area contributed by atoms with Crippen molar-refractivity contribution >= 4 is 23.3 Å². The lowest BCUT2D eigenvalue weighted by molar-refractivity contribution is -0.132. The van der Waals surface area contributed by atoms with Gasteiger partial charge in [-0.15, -0.1) is 0 Å². The first kappa shape index (κ1) is 19.3. The molecule has 0 saturated heterocycles. The van der Waals surface area contributed by atoms with Crippen LogP contribution in [0.1, 0.15) is 29.8 Å². The minimum atomic E-state index is -0.380. The SMILES string of the molecule is CC(=O)c1cccc(NC(=O)CN(CCc2ccccc2F)C(C)=O)c1. The largest absolute Gasteiger partial charge is 0.333 e. The van der Waals surface area contributed by atoms with Crippen molar-refractivity contribution in [1.82, 2.24) is 4.90 Å². The third-order valence-electron chi connectivity index (χ3n) is 3.94. The van der Waals surface area contributed by atoms with E-state index in [9.17, 15) is 18.8 Å². The van der Waals surface area contributed by atoms with Crippen molar-refractivity contribution in [2.45, 2.75) is 20.3 Å². The molecule has 2 amide bonds. The number of ketones is 1. The van der Waals surface area contributed by atoms with Crippen LogP contribution in [0.4, 0.5) is 10.1 Å². The van der Waals surface area contributed by atoms with Crippen molar-refractivity contribution in [3.8, 4) is 0 Å². The molecule has 0 atom stereocenters. The molecule has 0 radical (unpaired) electrons. The molecule has 6 heteroatoms. The van der Waals surface area contributed by atoms with Crippen LogP contribution in [0.5, 0.6) is 0 Å². The summed E-state index contributed by atoms with van der Waals surface area (Å²) in [5.74, 6) is -1.08. The molecule has 2 aromatic rings. The van der Waals surface area contributed by atoms with Gasteiger partial charge in [0.05, 0.1) is 6.54 Å². The zero-order chi connectivity index (χ0) is 19.1. The van der Waals surface area contributed by atoms with E-state index < -0.39 is 0 Å². The number of nitrogens with zero attached hydrogens (tertiary/aromatic N) is 1. The van der Waals surface area contributed by atoms with Crippen LogP contribution in [-0.4, -0.2) is 35.6 Å². The number of halogens is 1. The van der Waals surface area contributed by atoms with Gasteiger partial charge in [0.15, 0.2) is 5.78 Å². The molecule has 2 rings (SSSR count). The summed E-state index contributed by atoms with van der Waals surface area (Å²) < 4.78 is 13.7. The lowest BCUT2D eigenvalue weighted by atomic mass is 10.1. The first-order chi connectivity index (χ1) is 12.4. The number of hydrogen-bond donors (Lipinski definition) is 1. The Labute approximate surface area is 151 Å². The molecule has 5 nitrogen and oxygen atoms in total. The summed E-state index contributed by atoms with van der Waals surface area (Å²) in [5.41, 5.74) is 1.47. The van der Waals surface area contributed by atoms with Gasteiger partial charge in [-0.2, -0.15) is 0 Å². The van der Waals surface area contributed by atoms with Crippen LogP contribution < -0.4 is 5.32 Å². The quantitative estimate of drug-likeness (QED) is 0.776. The summed E-state index contributed by atoms with van der Waals surface area (Å²) in [4.78, 5) is 36.8. The minimum Gasteiger partial charge on any atom is -0.333 e. The van der Waals surface area contributed by atoms with Gasteiger partial charge in [-0.1, -0.05) is 30.3 Å². The summed E-state index contributed by atoms with van der Waals surface area (Å²) in [5, 5.41) is 2.67. The monoisotopic (exact) mass is 356 g/mol. The molecule has 0 heterocycles. The molecule has 0 spiro atoms. The Morgan fingerprint density at radius 2 is 1.77 bits per heavy atom. The number of Topliss-reactive ketones (excluding diaryl/α,β-unsaturated/α-hetero) is 1. The fourth-order valence-corrected chi connectivity index (χ4v) is 2.49. The lowest BCUT2D eigenvalue weighted by Gasteiger charge is -2.20. The van der Waals surface area contributed by atoms with Crippen molar-refractivity contribution in [2.75, 3.05) is 18.4 Å². The van der Waals surface area contributed by atoms with Crippen LogP contribution in [0.3, 0.4) is 0 Å². The Morgan fingerprint density at radius 1 is 1.04 bits per heavy atom. The second-order valence-electron chi connectivity index (χ2n) is 5.97. The van der Waals surface area contributed by atoms with E-state index in [1.807, 2.05) is 0 Å². The highest BCUT2D eigenvalue weighted by molar-refractivity contribution is 5.98. The van der Waals surface area contributed by atoms with Crippen molar-refractivity contribution < 1.29 is 18.8 Å². The summed E-state index contributed by atoms with van der Waals surface area (Å²) in [6, 6.07) is 12.9. The van der Waals surface area contributed by atoms with E-state index in [1.165, 1.54) is 24.8 Å². The summed E-state index contributed by atoms with van der Waals surface area (Å²) in [6.45, 7) is 2.90. The number of amides is 2. The topological polar surface area (TPSA) is 66.5 Å². The highest BCUT2D eigenvalue weighted by atomic mass is 19.1. The van der Waals surface area contributed by atoms with Gasteiger partial charge in [-0.25, -0.2) is 4.39 Å². The molecule has 0 bridgehead atoms. The predicted molar refractivity (Wildman–Crippen MR) is 97.4 cm³/mol. The number of hydrogen-bond acceptors (Lipinski definition) is 3. The van der Waals surface area contributed by atoms with Gasteiger partial charge in [0.25, 0.3) is 0 Å². The molecule has 0 aliphatic rings. The van der Waals surface area contributed by atoms with E-state index in [0.717, 1.165) is 0 Å². The van der Waals surface area contributed by atoms with Crippen molar-refractivity contribution in [1.29, 1.82) is 0 Å². The number of rotatable bonds is 7. The lowest BCUT2D eigenvalue weighted by Crippen LogP contribution is -2.38. The van der Waals surface area contributed by atoms with Gasteiger partial charge < -0.3 is 10.2 Å². The smallest absolute Gasteiger partial charge is 0.243 e. The average molecular weight is 356 g/mol. The van der Waals surface area contributed by atoms with E-state index in [-0.39, 0.29) is 36.5 Å². The second-order valence-corrected chi connectivity index (χ2v) is 5.97. The van der Waals surface area contributed by atoms with Gasteiger partial charge in [-0.3, -0.25) is 14.4 Å². The van der Waals surface area contributed by atoms with E-state index in [1.54, 1.807) is 42.5 Å². The standard InChI is InChI=1S/C20H21FN2O3/c1-14(24)17-7-5-8-18(12-17)22-20(26)13-23(15(2)25)11-10-16-6-3-4-9-19(16)21/h3-9,12H,10-11,13H2,1-2H3,(H,22,26). The molecule has 0 fully saturated rings. The molecule has 1 N–H and O–H groups in total. The fraction of sp³-hybridized carbons (Fsp3) is 0.250. The zero-order valence-corrected chi connectivity index (χ0v) is 14.8. The number of nitrogens with one attached hydrogen (secondary N) is 1. The summed E-state index contributed by atoms with van der Waals surface area (Å²) in [6.07, 6.45) is 0.319. The van der Waals surface area contributed by atoms with Crippen LogP contribution >= 0.6 is 0 Å². The molecule has 2 aromatic carbocycles. The Kier molecular flexibility index (Phi) is 6.60. The molecule has 26 heavy (non-hydrogen) atoms. The number of carbonyl (C=O) groups is 3. The van der Waals surface area contributed by atoms with Crippen LogP contribution in [0.15, 0.2) is 48.5 Å². The van der Waals surface area contributed by atoms with Gasteiger partial charge in [0.2, 0.25) is 11.8 Å². The molecular weight excluding hydrogens is 335 g/mol. The molecule has 0 aliphatic carbocycles. The predicted octanol–water partition coefficient (Wildman–Crippen LogP) is 3.06. The maximum atomic E-state index is 13.7. The van der Waals surface area contributed by atoms with Gasteiger partial charge >= 0.3 is 0 Å². The molecular formula is C20H21FN2O3. The van der Waals surface area contributed by atoms with Crippen LogP contribution in [-0.2, 0) is 16.0 Å². The highest BCUT2D eigenvalue weighted by Gasteiger charge is 2.15. The Morgan fingerprint density at radius 3 is 2.42 bits per heavy atom. The van der Waals surface area contributed by atoms with Crippen LogP contribution in [0, 0.1) is 5.82 Å². The van der Waals surface area contributed by atoms with Crippen molar-refractivity contribution in [3.05, 3.63) is 65.5 Å². The number of benzene rings is 2. The molecule has 0 saturated carbocycles. The van der Waals surface area contributed by atoms with Crippen LogP contribution in [0.2, 0.25) is 0 Å². The van der Waals surface area contributed by atoms with E-state index in [0.29, 0.717) is 23.2 Å². The molecule has 136 valence electrons. The van der Waals surface area contributed by atoms with E-state index >= 15 is 0 Å². The van der Waals surface area contributed by atoms with Gasteiger partial charge in [-0.05, 0) is 37.1 Å². The summed E-state index contributed by atoms with van der Waals surface area (Å²) >= 11 is 0. The normalized spacial score (nSPS) is 10.3. The zero-order valence-electron chi connectivity index (χ0n) is 14.8. The minimum absolute atomic E-state index is 0.101. The number of anilines is 1. The Balaban J connectivity index is 1.97. The average Bonchev–Trinajstić information content (AvgIpc) is 2.59. The first-order valence-corrected chi connectivity index (χ1v) is 8.26. The van der Waals surface area contributed by atoms with Crippen molar-refractivity contribution in [2.24, 2.45) is 0 Å². The third-order valence-corrected chi connectivity index (χ3v) is 3.94. The third kappa shape index (κ3) is 5.51. The van der Waals surface area contributed by atoms with E-state index in [4.69, 9.17) is 0 Å². The van der Waals surface area contributed by atoms with Crippen LogP contribution in [0.25, 0.3) is 0 Å². The maximum Gasteiger partial charge on any atom is 0.243 e. The fourth-order valence-electron chi connectivity index (χ4n) is 2.49. The van der Waals surface area contributed by atoms with E-state index in [2.05, 4.69) is 5.32 Å². The second kappa shape index (κ2) is 8.89. The molecule has 0 aliphatic heterocycles. The summed E-state index contributed by atoms with van der Waals surface area (Å²) in [7, 11) is 0. The Hall–Kier alpha value is -3.02. The molecule has 0 unspecified atom stereocenters. The highest BCUT2D eigenvalue weighted by Crippen LogP contribution is 2.12. The first-order valence-electron chi connectivity index (χ1n) is 8.26.